The van der Waals surface area contributed by atoms with E-state index in [0.717, 1.165) is 12.8 Å². The Morgan fingerprint density at radius 1 is 1.26 bits per heavy atom. The van der Waals surface area contributed by atoms with Crippen LogP contribution in [0, 0.1) is 5.82 Å². The fourth-order valence-electron chi connectivity index (χ4n) is 4.34. The lowest BCUT2D eigenvalue weighted by Gasteiger charge is -2.32. The Balaban J connectivity index is 1.48. The van der Waals surface area contributed by atoms with Gasteiger partial charge in [-0.1, -0.05) is 12.6 Å². The molecule has 1 fully saturated rings. The Kier molecular flexibility index (Phi) is 6.09. The van der Waals surface area contributed by atoms with E-state index in [2.05, 4.69) is 21.5 Å². The molecule has 1 unspecified atom stereocenters. The number of piperidine rings is 1. The number of rotatable bonds is 6. The number of nitrogen functional groups attached to an aromatic ring is 1. The maximum absolute atomic E-state index is 15.0. The molecular formula is C25H24FN7O2. The van der Waals surface area contributed by atoms with Gasteiger partial charge >= 0.3 is 0 Å². The fraction of sp³-hybridized carbons (Fsp3) is 0.240. The van der Waals surface area contributed by atoms with E-state index in [0.29, 0.717) is 41.1 Å². The minimum Gasteiger partial charge on any atom is -0.484 e. The van der Waals surface area contributed by atoms with Gasteiger partial charge in [0.2, 0.25) is 5.91 Å². The highest BCUT2D eigenvalue weighted by Gasteiger charge is 2.28. The van der Waals surface area contributed by atoms with Gasteiger partial charge < -0.3 is 15.4 Å². The third kappa shape index (κ3) is 4.42. The molecule has 178 valence electrons. The van der Waals surface area contributed by atoms with E-state index in [1.165, 1.54) is 18.5 Å². The summed E-state index contributed by atoms with van der Waals surface area (Å²) < 4.78 is 22.4. The largest absolute Gasteiger partial charge is 0.484 e. The van der Waals surface area contributed by atoms with Crippen LogP contribution in [0.1, 0.15) is 24.6 Å². The van der Waals surface area contributed by atoms with Crippen LogP contribution in [0.15, 0.2) is 61.6 Å². The van der Waals surface area contributed by atoms with Crippen molar-refractivity contribution < 1.29 is 13.9 Å². The summed E-state index contributed by atoms with van der Waals surface area (Å²) in [5, 5.41) is 5.32. The molecule has 3 aromatic heterocycles. The molecule has 1 saturated heterocycles. The summed E-state index contributed by atoms with van der Waals surface area (Å²) in [7, 11) is 0. The standard InChI is InChI=1S/C25H24FN7O2/c1-2-21(34)32-11-5-7-18(13-32)33-25-22(24(27)29-15-30-25)23(31-33)16-8-9-20(19(26)12-16)35-14-17-6-3-4-10-28-17/h2-4,6,8-10,12,15,18H,1,5,7,11,13-14H2,(H2,27,29,30). The molecule has 1 aliphatic heterocycles. The number of nitrogens with zero attached hydrogens (tertiary/aromatic N) is 6. The van der Waals surface area contributed by atoms with Gasteiger partial charge in [0, 0.05) is 24.8 Å². The molecule has 35 heavy (non-hydrogen) atoms. The van der Waals surface area contributed by atoms with E-state index >= 15 is 0 Å². The van der Waals surface area contributed by atoms with Crippen molar-refractivity contribution in [2.75, 3.05) is 18.8 Å². The minimum atomic E-state index is -0.531. The second kappa shape index (κ2) is 9.49. The van der Waals surface area contributed by atoms with Gasteiger partial charge in [0.1, 0.15) is 24.4 Å². The molecule has 2 N–H and O–H groups in total. The summed E-state index contributed by atoms with van der Waals surface area (Å²) in [6.07, 6.45) is 5.98. The molecule has 4 heterocycles. The van der Waals surface area contributed by atoms with E-state index in [4.69, 9.17) is 15.6 Å². The monoisotopic (exact) mass is 473 g/mol. The number of carbonyl (C=O) groups is 1. The molecule has 5 rings (SSSR count). The predicted molar refractivity (Wildman–Crippen MR) is 129 cm³/mol. The van der Waals surface area contributed by atoms with Gasteiger partial charge in [-0.05, 0) is 49.2 Å². The summed E-state index contributed by atoms with van der Waals surface area (Å²) >= 11 is 0. The number of anilines is 1. The van der Waals surface area contributed by atoms with Crippen molar-refractivity contribution in [3.8, 4) is 17.0 Å². The highest BCUT2D eigenvalue weighted by atomic mass is 19.1. The molecule has 1 aromatic carbocycles. The van der Waals surface area contributed by atoms with Crippen LogP contribution >= 0.6 is 0 Å². The van der Waals surface area contributed by atoms with Gasteiger partial charge in [-0.15, -0.1) is 0 Å². The minimum absolute atomic E-state index is 0.107. The lowest BCUT2D eigenvalue weighted by Crippen LogP contribution is -2.40. The third-order valence-corrected chi connectivity index (χ3v) is 6.05. The van der Waals surface area contributed by atoms with Gasteiger partial charge in [0.15, 0.2) is 17.2 Å². The molecule has 10 heteroatoms. The van der Waals surface area contributed by atoms with Crippen molar-refractivity contribution in [1.29, 1.82) is 0 Å². The van der Waals surface area contributed by atoms with Gasteiger partial charge in [0.25, 0.3) is 0 Å². The Labute approximate surface area is 201 Å². The zero-order valence-corrected chi connectivity index (χ0v) is 19.0. The number of likely N-dealkylation sites (tertiary alicyclic amines) is 1. The van der Waals surface area contributed by atoms with Gasteiger partial charge in [-0.25, -0.2) is 19.0 Å². The number of fused-ring (bicyclic) bond motifs is 1. The molecule has 0 spiro atoms. The van der Waals surface area contributed by atoms with E-state index in [9.17, 15) is 9.18 Å². The summed E-state index contributed by atoms with van der Waals surface area (Å²) in [5.74, 6) is -0.291. The number of benzene rings is 1. The van der Waals surface area contributed by atoms with Crippen LogP contribution in [0.25, 0.3) is 22.3 Å². The first-order valence-corrected chi connectivity index (χ1v) is 11.3. The number of hydrogen-bond acceptors (Lipinski definition) is 7. The van der Waals surface area contributed by atoms with Crippen LogP contribution in [0.3, 0.4) is 0 Å². The van der Waals surface area contributed by atoms with Crippen LogP contribution in [0.2, 0.25) is 0 Å². The Bertz CT molecular complexity index is 1390. The first-order valence-electron chi connectivity index (χ1n) is 11.3. The normalized spacial score (nSPS) is 15.8. The van der Waals surface area contributed by atoms with Crippen LogP contribution in [0.5, 0.6) is 5.75 Å². The quantitative estimate of drug-likeness (QED) is 0.426. The fourth-order valence-corrected chi connectivity index (χ4v) is 4.34. The second-order valence-corrected chi connectivity index (χ2v) is 8.29. The maximum Gasteiger partial charge on any atom is 0.246 e. The first-order chi connectivity index (χ1) is 17.0. The van der Waals surface area contributed by atoms with E-state index in [1.807, 2.05) is 12.1 Å². The van der Waals surface area contributed by atoms with Gasteiger partial charge in [-0.2, -0.15) is 5.10 Å². The second-order valence-electron chi connectivity index (χ2n) is 8.29. The number of nitrogens with two attached hydrogens (primary N) is 1. The van der Waals surface area contributed by atoms with Gasteiger partial charge in [-0.3, -0.25) is 9.78 Å². The first kappa shape index (κ1) is 22.5. The number of pyridine rings is 1. The Morgan fingerprint density at radius 3 is 2.91 bits per heavy atom. The summed E-state index contributed by atoms with van der Waals surface area (Å²) in [5.41, 5.74) is 8.44. The number of hydrogen-bond donors (Lipinski definition) is 1. The molecule has 0 aliphatic carbocycles. The molecule has 0 bridgehead atoms. The molecular weight excluding hydrogens is 449 g/mol. The molecule has 9 nitrogen and oxygen atoms in total. The molecule has 1 amide bonds. The van der Waals surface area contributed by atoms with E-state index < -0.39 is 5.82 Å². The summed E-state index contributed by atoms with van der Waals surface area (Å²) in [4.78, 5) is 26.6. The summed E-state index contributed by atoms with van der Waals surface area (Å²) in [6.45, 7) is 4.87. The highest BCUT2D eigenvalue weighted by Crippen LogP contribution is 2.35. The number of halogens is 1. The zero-order valence-electron chi connectivity index (χ0n) is 19.0. The number of carbonyl (C=O) groups excluding carboxylic acids is 1. The van der Waals surface area contributed by atoms with Crippen molar-refractivity contribution in [3.63, 3.8) is 0 Å². The number of ether oxygens (including phenoxy) is 1. The molecule has 0 radical (unpaired) electrons. The van der Waals surface area contributed by atoms with Gasteiger partial charge in [0.05, 0.1) is 17.1 Å². The van der Waals surface area contributed by atoms with Crippen molar-refractivity contribution >= 4 is 22.8 Å². The number of aromatic nitrogens is 5. The van der Waals surface area contributed by atoms with Crippen LogP contribution in [-0.2, 0) is 11.4 Å². The van der Waals surface area contributed by atoms with Crippen molar-refractivity contribution in [3.05, 3.63) is 73.1 Å². The topological polar surface area (TPSA) is 112 Å². The smallest absolute Gasteiger partial charge is 0.246 e. The average molecular weight is 474 g/mol. The zero-order chi connectivity index (χ0) is 24.4. The van der Waals surface area contributed by atoms with E-state index in [-0.39, 0.29) is 30.1 Å². The lowest BCUT2D eigenvalue weighted by atomic mass is 10.1. The average Bonchev–Trinajstić information content (AvgIpc) is 3.29. The molecule has 1 atom stereocenters. The van der Waals surface area contributed by atoms with E-state index in [1.54, 1.807) is 34.0 Å². The van der Waals surface area contributed by atoms with Crippen molar-refractivity contribution in [2.45, 2.75) is 25.5 Å². The third-order valence-electron chi connectivity index (χ3n) is 6.05. The Morgan fingerprint density at radius 2 is 2.14 bits per heavy atom. The van der Waals surface area contributed by atoms with Crippen molar-refractivity contribution in [1.82, 2.24) is 29.6 Å². The highest BCUT2D eigenvalue weighted by molar-refractivity contribution is 5.98. The lowest BCUT2D eigenvalue weighted by molar-refractivity contribution is -0.127. The summed E-state index contributed by atoms with van der Waals surface area (Å²) in [6, 6.07) is 10.00. The number of amides is 1. The Hall–Kier alpha value is -4.34. The van der Waals surface area contributed by atoms with Crippen molar-refractivity contribution in [2.24, 2.45) is 0 Å². The molecule has 0 saturated carbocycles. The molecule has 1 aliphatic rings. The predicted octanol–water partition coefficient (Wildman–Crippen LogP) is 3.54. The van der Waals surface area contributed by atoms with Crippen LogP contribution in [0.4, 0.5) is 10.2 Å². The SMILES string of the molecule is C=CC(=O)N1CCCC(n2nc(-c3ccc(OCc4ccccn4)c(F)c3)c3c(N)ncnc32)C1. The maximum atomic E-state index is 15.0. The van der Waals surface area contributed by atoms with Crippen LogP contribution in [-0.4, -0.2) is 48.6 Å². The molecule has 4 aromatic rings. The van der Waals surface area contributed by atoms with Crippen LogP contribution < -0.4 is 10.5 Å².